The zero-order valence-corrected chi connectivity index (χ0v) is 12.2. The normalized spacial score (nSPS) is 9.95. The van der Waals surface area contributed by atoms with Crippen LogP contribution in [0, 0.1) is 0 Å². The van der Waals surface area contributed by atoms with Gasteiger partial charge in [0.1, 0.15) is 6.61 Å². The van der Waals surface area contributed by atoms with Crippen LogP contribution >= 0.6 is 0 Å². The zero-order valence-electron chi connectivity index (χ0n) is 12.2. The van der Waals surface area contributed by atoms with Crippen molar-refractivity contribution < 1.29 is 9.53 Å². The molecule has 21 heavy (non-hydrogen) atoms. The van der Waals surface area contributed by atoms with E-state index in [1.165, 1.54) is 6.08 Å². The van der Waals surface area contributed by atoms with Crippen LogP contribution in [0.4, 0.5) is 11.4 Å². The van der Waals surface area contributed by atoms with E-state index in [4.69, 9.17) is 4.74 Å². The molecule has 3 heteroatoms. The third kappa shape index (κ3) is 3.96. The Labute approximate surface area is 125 Å². The molecule has 0 saturated carbocycles. The highest BCUT2D eigenvalue weighted by molar-refractivity contribution is 5.81. The molecule has 0 radical (unpaired) electrons. The molecule has 0 aromatic heterocycles. The van der Waals surface area contributed by atoms with Crippen molar-refractivity contribution in [2.75, 3.05) is 11.4 Å². The van der Waals surface area contributed by atoms with E-state index in [9.17, 15) is 4.79 Å². The first-order valence-corrected chi connectivity index (χ1v) is 6.95. The summed E-state index contributed by atoms with van der Waals surface area (Å²) in [6, 6.07) is 18.2. The number of benzene rings is 2. The van der Waals surface area contributed by atoms with Crippen molar-refractivity contribution in [2.24, 2.45) is 0 Å². The maximum Gasteiger partial charge on any atom is 0.330 e. The Morgan fingerprint density at radius 1 is 1.10 bits per heavy atom. The van der Waals surface area contributed by atoms with Crippen LogP contribution < -0.4 is 4.90 Å². The Hall–Kier alpha value is -2.55. The Balaban J connectivity index is 2.10. The highest BCUT2D eigenvalue weighted by Gasteiger charge is 2.06. The van der Waals surface area contributed by atoms with Crippen molar-refractivity contribution >= 4 is 17.3 Å². The van der Waals surface area contributed by atoms with Gasteiger partial charge in [0.05, 0.1) is 0 Å². The van der Waals surface area contributed by atoms with Gasteiger partial charge < -0.3 is 9.64 Å². The summed E-state index contributed by atoms with van der Waals surface area (Å²) in [7, 11) is 0. The van der Waals surface area contributed by atoms with E-state index < -0.39 is 5.97 Å². The van der Waals surface area contributed by atoms with Crippen LogP contribution in [0.1, 0.15) is 12.5 Å². The highest BCUT2D eigenvalue weighted by Crippen LogP contribution is 2.25. The monoisotopic (exact) mass is 281 g/mol. The molecule has 0 aliphatic carbocycles. The van der Waals surface area contributed by atoms with Crippen LogP contribution in [-0.2, 0) is 16.1 Å². The fourth-order valence-electron chi connectivity index (χ4n) is 2.11. The first-order chi connectivity index (χ1) is 10.2. The Morgan fingerprint density at radius 2 is 1.71 bits per heavy atom. The van der Waals surface area contributed by atoms with E-state index >= 15 is 0 Å². The van der Waals surface area contributed by atoms with E-state index in [0.717, 1.165) is 23.5 Å². The molecule has 108 valence electrons. The number of rotatable bonds is 6. The van der Waals surface area contributed by atoms with Crippen molar-refractivity contribution in [3.8, 4) is 0 Å². The van der Waals surface area contributed by atoms with E-state index in [-0.39, 0.29) is 6.61 Å². The zero-order chi connectivity index (χ0) is 15.1. The maximum absolute atomic E-state index is 11.0. The number of nitrogens with zero attached hydrogens (tertiary/aromatic N) is 1. The van der Waals surface area contributed by atoms with Crippen LogP contribution in [0.25, 0.3) is 0 Å². The Bertz CT molecular complexity index is 590. The van der Waals surface area contributed by atoms with Gasteiger partial charge in [-0.2, -0.15) is 0 Å². The molecule has 0 saturated heterocycles. The van der Waals surface area contributed by atoms with E-state index in [1.807, 2.05) is 42.5 Å². The highest BCUT2D eigenvalue weighted by atomic mass is 16.5. The SMILES string of the molecule is C=CC(=O)OCc1ccc(N(CC)c2ccccc2)cc1. The number of esters is 1. The van der Waals surface area contributed by atoms with Crippen molar-refractivity contribution in [1.29, 1.82) is 0 Å². The molecule has 0 spiro atoms. The van der Waals surface area contributed by atoms with Crippen LogP contribution in [-0.4, -0.2) is 12.5 Å². The van der Waals surface area contributed by atoms with Crippen LogP contribution in [0.15, 0.2) is 67.3 Å². The number of hydrogen-bond acceptors (Lipinski definition) is 3. The van der Waals surface area contributed by atoms with Gasteiger partial charge in [0.2, 0.25) is 0 Å². The topological polar surface area (TPSA) is 29.5 Å². The predicted octanol–water partition coefficient (Wildman–Crippen LogP) is 4.07. The summed E-state index contributed by atoms with van der Waals surface area (Å²) >= 11 is 0. The summed E-state index contributed by atoms with van der Waals surface area (Å²) in [6.07, 6.45) is 1.17. The summed E-state index contributed by atoms with van der Waals surface area (Å²) in [6.45, 7) is 6.64. The quantitative estimate of drug-likeness (QED) is 0.590. The van der Waals surface area contributed by atoms with Crippen molar-refractivity contribution in [3.63, 3.8) is 0 Å². The van der Waals surface area contributed by atoms with Crippen molar-refractivity contribution in [2.45, 2.75) is 13.5 Å². The average Bonchev–Trinajstić information content (AvgIpc) is 2.55. The average molecular weight is 281 g/mol. The minimum absolute atomic E-state index is 0.266. The second-order valence-electron chi connectivity index (χ2n) is 4.56. The second-order valence-corrected chi connectivity index (χ2v) is 4.56. The summed E-state index contributed by atoms with van der Waals surface area (Å²) in [4.78, 5) is 13.3. The number of carbonyl (C=O) groups excluding carboxylic acids is 1. The molecular weight excluding hydrogens is 262 g/mol. The summed E-state index contributed by atoms with van der Waals surface area (Å²) in [5, 5.41) is 0. The molecular formula is C18H19NO2. The largest absolute Gasteiger partial charge is 0.458 e. The maximum atomic E-state index is 11.0. The van der Waals surface area contributed by atoms with Crippen LogP contribution in [0.2, 0.25) is 0 Å². The van der Waals surface area contributed by atoms with Gasteiger partial charge >= 0.3 is 5.97 Å². The standard InChI is InChI=1S/C18H19NO2/c1-3-18(20)21-14-15-10-12-17(13-11-15)19(4-2)16-8-6-5-7-9-16/h3,5-13H,1,4,14H2,2H3. The van der Waals surface area contributed by atoms with Gasteiger partial charge in [0.25, 0.3) is 0 Å². The molecule has 0 amide bonds. The third-order valence-corrected chi connectivity index (χ3v) is 3.18. The molecule has 0 fully saturated rings. The Kier molecular flexibility index (Phi) is 5.16. The fraction of sp³-hybridized carbons (Fsp3) is 0.167. The van der Waals surface area contributed by atoms with Gasteiger partial charge in [-0.05, 0) is 36.8 Å². The number of ether oxygens (including phenoxy) is 1. The molecule has 0 aliphatic heterocycles. The van der Waals surface area contributed by atoms with E-state index in [2.05, 4.69) is 30.5 Å². The third-order valence-electron chi connectivity index (χ3n) is 3.18. The molecule has 0 unspecified atom stereocenters. The number of carbonyl (C=O) groups is 1. The van der Waals surface area contributed by atoms with Gasteiger partial charge in [0, 0.05) is 24.0 Å². The smallest absolute Gasteiger partial charge is 0.330 e. The molecule has 0 heterocycles. The van der Waals surface area contributed by atoms with Crippen LogP contribution in [0.3, 0.4) is 0 Å². The molecule has 0 N–H and O–H groups in total. The van der Waals surface area contributed by atoms with Crippen molar-refractivity contribution in [1.82, 2.24) is 0 Å². The molecule has 3 nitrogen and oxygen atoms in total. The number of hydrogen-bond donors (Lipinski definition) is 0. The number of anilines is 2. The second kappa shape index (κ2) is 7.29. The lowest BCUT2D eigenvalue weighted by Gasteiger charge is -2.23. The first-order valence-electron chi connectivity index (χ1n) is 6.95. The lowest BCUT2D eigenvalue weighted by Crippen LogP contribution is -2.15. The minimum Gasteiger partial charge on any atom is -0.458 e. The van der Waals surface area contributed by atoms with Gasteiger partial charge in [-0.3, -0.25) is 0 Å². The predicted molar refractivity (Wildman–Crippen MR) is 85.6 cm³/mol. The van der Waals surface area contributed by atoms with Gasteiger partial charge in [0.15, 0.2) is 0 Å². The van der Waals surface area contributed by atoms with Gasteiger partial charge in [-0.25, -0.2) is 4.79 Å². The van der Waals surface area contributed by atoms with E-state index in [1.54, 1.807) is 0 Å². The van der Waals surface area contributed by atoms with Gasteiger partial charge in [-0.15, -0.1) is 0 Å². The molecule has 0 atom stereocenters. The summed E-state index contributed by atoms with van der Waals surface area (Å²) in [5.41, 5.74) is 3.23. The Morgan fingerprint density at radius 3 is 2.29 bits per heavy atom. The summed E-state index contributed by atoms with van der Waals surface area (Å²) < 4.78 is 5.02. The summed E-state index contributed by atoms with van der Waals surface area (Å²) in [5.74, 6) is -0.404. The van der Waals surface area contributed by atoms with Crippen LogP contribution in [0.5, 0.6) is 0 Å². The van der Waals surface area contributed by atoms with E-state index in [0.29, 0.717) is 0 Å². The van der Waals surface area contributed by atoms with Crippen molar-refractivity contribution in [3.05, 3.63) is 72.8 Å². The molecule has 2 rings (SSSR count). The lowest BCUT2D eigenvalue weighted by atomic mass is 10.2. The minimum atomic E-state index is -0.404. The fourth-order valence-corrected chi connectivity index (χ4v) is 2.11. The molecule has 0 bridgehead atoms. The molecule has 2 aromatic rings. The van der Waals surface area contributed by atoms with Gasteiger partial charge in [-0.1, -0.05) is 36.9 Å². The molecule has 2 aromatic carbocycles. The lowest BCUT2D eigenvalue weighted by molar-refractivity contribution is -0.138. The first kappa shape index (κ1) is 14.9. The molecule has 0 aliphatic rings. The number of para-hydroxylation sites is 1.